The van der Waals surface area contributed by atoms with Crippen molar-refractivity contribution in [3.05, 3.63) is 60.2 Å². The molecule has 0 bridgehead atoms. The number of hydrogen-bond acceptors (Lipinski definition) is 4. The zero-order valence-corrected chi connectivity index (χ0v) is 14.3. The van der Waals surface area contributed by atoms with E-state index in [1.54, 1.807) is 12.4 Å². The molecule has 140 valence electrons. The maximum absolute atomic E-state index is 11.7. The molecule has 2 heterocycles. The molecule has 0 aromatic carbocycles. The van der Waals surface area contributed by atoms with Crippen molar-refractivity contribution in [1.82, 2.24) is 20.6 Å². The van der Waals surface area contributed by atoms with Gasteiger partial charge in [0.25, 0.3) is 0 Å². The Hall–Kier alpha value is -2.76. The Morgan fingerprint density at radius 3 is 1.58 bits per heavy atom. The Balaban J connectivity index is 0.00000338. The largest absolute Gasteiger partial charge is 0.350 e. The number of aromatic nitrogens is 2. The van der Waals surface area contributed by atoms with Gasteiger partial charge in [-0.3, -0.25) is 19.6 Å². The van der Waals surface area contributed by atoms with Gasteiger partial charge in [0, 0.05) is 25.2 Å². The minimum absolute atomic E-state index is 0. The van der Waals surface area contributed by atoms with Gasteiger partial charge in [-0.1, -0.05) is 26.0 Å². The highest BCUT2D eigenvalue weighted by molar-refractivity contribution is 5.76. The summed E-state index contributed by atoms with van der Waals surface area (Å²) in [6.07, 6.45) is 6.78. The molecule has 0 unspecified atom stereocenters. The van der Waals surface area contributed by atoms with Gasteiger partial charge in [-0.15, -0.1) is 0 Å². The molecule has 0 spiro atoms. The number of amides is 2. The molecular formula is C20H28N4O2. The van der Waals surface area contributed by atoms with Crippen LogP contribution in [0.25, 0.3) is 0 Å². The molecule has 2 aromatic heterocycles. The van der Waals surface area contributed by atoms with Crippen LogP contribution in [0, 0.1) is 0 Å². The third-order valence-electron chi connectivity index (χ3n) is 3.69. The second-order valence-corrected chi connectivity index (χ2v) is 5.76. The monoisotopic (exact) mass is 356 g/mol. The van der Waals surface area contributed by atoms with Crippen LogP contribution in [0.15, 0.2) is 48.8 Å². The fourth-order valence-corrected chi connectivity index (χ4v) is 2.31. The molecule has 2 amide bonds. The number of pyridine rings is 2. The summed E-state index contributed by atoms with van der Waals surface area (Å²) >= 11 is 0. The lowest BCUT2D eigenvalue weighted by Crippen LogP contribution is -2.23. The Morgan fingerprint density at radius 1 is 0.731 bits per heavy atom. The molecule has 0 radical (unpaired) electrons. The number of rotatable bonds is 10. The lowest BCUT2D eigenvalue weighted by atomic mass is 10.1. The number of carbonyl (C=O) groups is 2. The van der Waals surface area contributed by atoms with Gasteiger partial charge in [0.2, 0.25) is 11.8 Å². The van der Waals surface area contributed by atoms with Crippen LogP contribution in [-0.4, -0.2) is 21.8 Å². The lowest BCUT2D eigenvalue weighted by molar-refractivity contribution is -0.121. The van der Waals surface area contributed by atoms with Crippen LogP contribution in [0.3, 0.4) is 0 Å². The first-order valence-electron chi connectivity index (χ1n) is 8.57. The Morgan fingerprint density at radius 2 is 1.19 bits per heavy atom. The summed E-state index contributed by atoms with van der Waals surface area (Å²) in [4.78, 5) is 31.8. The maximum Gasteiger partial charge on any atom is 0.220 e. The molecule has 2 rings (SSSR count). The molecule has 0 aliphatic carbocycles. The fraction of sp³-hybridized carbons (Fsp3) is 0.400. The van der Waals surface area contributed by atoms with Crippen molar-refractivity contribution >= 4 is 11.8 Å². The maximum atomic E-state index is 11.7. The van der Waals surface area contributed by atoms with E-state index in [0.717, 1.165) is 30.7 Å². The predicted octanol–water partition coefficient (Wildman–Crippen LogP) is 3.00. The average Bonchev–Trinajstić information content (AvgIpc) is 2.66. The smallest absolute Gasteiger partial charge is 0.220 e. The third-order valence-corrected chi connectivity index (χ3v) is 3.69. The molecular weight excluding hydrogens is 328 g/mol. The standard InChI is InChI=1S/C19H24N4O2.CH4/c24-18(22-14-16-8-4-6-12-20-16)10-2-1-3-11-19(25)23-15-17-9-5-7-13-21-17;/h4-9,12-13H,1-3,10-11,14-15H2,(H,22,24)(H,23,25);1H4. The highest BCUT2D eigenvalue weighted by atomic mass is 16.2. The summed E-state index contributed by atoms with van der Waals surface area (Å²) in [5, 5.41) is 5.70. The SMILES string of the molecule is C.O=C(CCCCCC(=O)NCc1ccccn1)NCc1ccccn1. The summed E-state index contributed by atoms with van der Waals surface area (Å²) in [6.45, 7) is 0.908. The van der Waals surface area contributed by atoms with E-state index in [0.29, 0.717) is 25.9 Å². The van der Waals surface area contributed by atoms with Gasteiger partial charge in [0.15, 0.2) is 0 Å². The van der Waals surface area contributed by atoms with Crippen molar-refractivity contribution in [2.24, 2.45) is 0 Å². The Bertz CT molecular complexity index is 590. The summed E-state index contributed by atoms with van der Waals surface area (Å²) in [6, 6.07) is 11.2. The van der Waals surface area contributed by atoms with Crippen LogP contribution in [0.1, 0.15) is 50.9 Å². The number of carbonyl (C=O) groups excluding carboxylic acids is 2. The molecule has 0 fully saturated rings. The first-order valence-corrected chi connectivity index (χ1v) is 8.57. The van der Waals surface area contributed by atoms with E-state index >= 15 is 0 Å². The summed E-state index contributed by atoms with van der Waals surface area (Å²) < 4.78 is 0. The third kappa shape index (κ3) is 8.92. The van der Waals surface area contributed by atoms with Crippen LogP contribution in [0.5, 0.6) is 0 Å². The Labute approximate surface area is 155 Å². The zero-order chi connectivity index (χ0) is 17.7. The molecule has 2 N–H and O–H groups in total. The summed E-state index contributed by atoms with van der Waals surface area (Å²) in [5.74, 6) is 0.0375. The molecule has 0 saturated carbocycles. The van der Waals surface area contributed by atoms with Gasteiger partial charge in [-0.25, -0.2) is 0 Å². The fourth-order valence-electron chi connectivity index (χ4n) is 2.31. The molecule has 6 heteroatoms. The first-order chi connectivity index (χ1) is 12.2. The van der Waals surface area contributed by atoms with Gasteiger partial charge < -0.3 is 10.6 Å². The molecule has 0 saturated heterocycles. The van der Waals surface area contributed by atoms with E-state index in [2.05, 4.69) is 20.6 Å². The number of nitrogens with zero attached hydrogens (tertiary/aromatic N) is 2. The van der Waals surface area contributed by atoms with Crippen LogP contribution in [0.4, 0.5) is 0 Å². The number of hydrogen-bond donors (Lipinski definition) is 2. The Kier molecular flexibility index (Phi) is 10.3. The first kappa shape index (κ1) is 21.3. The van der Waals surface area contributed by atoms with Gasteiger partial charge in [-0.05, 0) is 37.1 Å². The topological polar surface area (TPSA) is 84.0 Å². The van der Waals surface area contributed by atoms with Crippen LogP contribution < -0.4 is 10.6 Å². The molecule has 0 atom stereocenters. The normalized spacial score (nSPS) is 9.85. The highest BCUT2D eigenvalue weighted by Crippen LogP contribution is 2.04. The minimum atomic E-state index is 0. The minimum Gasteiger partial charge on any atom is -0.350 e. The van der Waals surface area contributed by atoms with Gasteiger partial charge >= 0.3 is 0 Å². The molecule has 2 aromatic rings. The highest BCUT2D eigenvalue weighted by Gasteiger charge is 2.04. The summed E-state index contributed by atoms with van der Waals surface area (Å²) in [5.41, 5.74) is 1.70. The van der Waals surface area contributed by atoms with Gasteiger partial charge in [0.1, 0.15) is 0 Å². The van der Waals surface area contributed by atoms with E-state index < -0.39 is 0 Å². The second kappa shape index (κ2) is 12.6. The molecule has 26 heavy (non-hydrogen) atoms. The van der Waals surface area contributed by atoms with Crippen molar-refractivity contribution in [3.63, 3.8) is 0 Å². The van der Waals surface area contributed by atoms with Gasteiger partial charge in [0.05, 0.1) is 24.5 Å². The average molecular weight is 356 g/mol. The lowest BCUT2D eigenvalue weighted by Gasteiger charge is -2.06. The van der Waals surface area contributed by atoms with Crippen molar-refractivity contribution in [2.45, 2.75) is 52.6 Å². The van der Waals surface area contributed by atoms with Crippen molar-refractivity contribution in [1.29, 1.82) is 0 Å². The van der Waals surface area contributed by atoms with E-state index in [9.17, 15) is 9.59 Å². The van der Waals surface area contributed by atoms with Crippen LogP contribution >= 0.6 is 0 Å². The van der Waals surface area contributed by atoms with Gasteiger partial charge in [-0.2, -0.15) is 0 Å². The second-order valence-electron chi connectivity index (χ2n) is 5.76. The van der Waals surface area contributed by atoms with Crippen molar-refractivity contribution in [3.8, 4) is 0 Å². The number of nitrogens with one attached hydrogen (secondary N) is 2. The van der Waals surface area contributed by atoms with E-state index in [4.69, 9.17) is 0 Å². The van der Waals surface area contributed by atoms with Crippen molar-refractivity contribution < 1.29 is 9.59 Å². The van der Waals surface area contributed by atoms with Crippen molar-refractivity contribution in [2.75, 3.05) is 0 Å². The predicted molar refractivity (Wildman–Crippen MR) is 102 cm³/mol. The molecule has 6 nitrogen and oxygen atoms in total. The summed E-state index contributed by atoms with van der Waals surface area (Å²) in [7, 11) is 0. The zero-order valence-electron chi connectivity index (χ0n) is 14.3. The number of unbranched alkanes of at least 4 members (excludes halogenated alkanes) is 2. The van der Waals surface area contributed by atoms with Crippen LogP contribution in [0.2, 0.25) is 0 Å². The van der Waals surface area contributed by atoms with E-state index in [1.807, 2.05) is 36.4 Å². The van der Waals surface area contributed by atoms with E-state index in [-0.39, 0.29) is 19.2 Å². The molecule has 0 aliphatic heterocycles. The van der Waals surface area contributed by atoms with Crippen LogP contribution in [-0.2, 0) is 22.7 Å². The van der Waals surface area contributed by atoms with E-state index in [1.165, 1.54) is 0 Å². The molecule has 0 aliphatic rings. The quantitative estimate of drug-likeness (QED) is 0.641.